The molecule has 2 amide bonds. The Kier molecular flexibility index (Phi) is 7.51. The van der Waals surface area contributed by atoms with Crippen molar-refractivity contribution in [2.45, 2.75) is 26.0 Å². The number of hydrogen-bond donors (Lipinski definition) is 2. The number of carbonyl (C=O) groups is 2. The maximum absolute atomic E-state index is 12.2. The van der Waals surface area contributed by atoms with Crippen LogP contribution in [-0.2, 0) is 9.53 Å². The number of carbonyl (C=O) groups excluding carboxylic acids is 1. The summed E-state index contributed by atoms with van der Waals surface area (Å²) in [6, 6.07) is 6.79. The number of amides is 2. The van der Waals surface area contributed by atoms with Crippen molar-refractivity contribution in [3.05, 3.63) is 29.8 Å². The molecule has 2 N–H and O–H groups in total. The molecule has 1 rings (SSSR count). The molecule has 0 heterocycles. The van der Waals surface area contributed by atoms with E-state index in [-0.39, 0.29) is 24.7 Å². The fourth-order valence-electron chi connectivity index (χ4n) is 2.37. The van der Waals surface area contributed by atoms with Gasteiger partial charge in [-0.25, -0.2) is 4.79 Å². The third-order valence-electron chi connectivity index (χ3n) is 3.82. The van der Waals surface area contributed by atoms with Gasteiger partial charge in [-0.3, -0.25) is 4.79 Å². The van der Waals surface area contributed by atoms with Crippen molar-refractivity contribution in [2.75, 3.05) is 27.8 Å². The predicted molar refractivity (Wildman–Crippen MR) is 90.2 cm³/mol. The zero-order valence-electron chi connectivity index (χ0n) is 14.8. The summed E-state index contributed by atoms with van der Waals surface area (Å²) in [6.07, 6.45) is -0.329. The van der Waals surface area contributed by atoms with Gasteiger partial charge in [0, 0.05) is 20.7 Å². The minimum Gasteiger partial charge on any atom is -0.497 e. The number of urea groups is 1. The van der Waals surface area contributed by atoms with E-state index in [0.717, 1.165) is 11.3 Å². The molecular weight excluding hydrogens is 312 g/mol. The molecule has 1 aromatic rings. The van der Waals surface area contributed by atoms with E-state index in [0.29, 0.717) is 0 Å². The second-order valence-corrected chi connectivity index (χ2v) is 5.79. The highest BCUT2D eigenvalue weighted by molar-refractivity contribution is 5.76. The van der Waals surface area contributed by atoms with Crippen LogP contribution < -0.4 is 10.1 Å². The molecule has 3 unspecified atom stereocenters. The highest BCUT2D eigenvalue weighted by Gasteiger charge is 2.23. The maximum Gasteiger partial charge on any atom is 0.317 e. The van der Waals surface area contributed by atoms with E-state index in [9.17, 15) is 9.59 Å². The number of aliphatic carboxylic acids is 1. The van der Waals surface area contributed by atoms with Gasteiger partial charge in [0.15, 0.2) is 0 Å². The lowest BCUT2D eigenvalue weighted by atomic mass is 10.0. The molecule has 0 aromatic heterocycles. The lowest BCUT2D eigenvalue weighted by Gasteiger charge is -2.27. The molecule has 0 fully saturated rings. The van der Waals surface area contributed by atoms with Crippen molar-refractivity contribution in [3.8, 4) is 5.75 Å². The third-order valence-corrected chi connectivity index (χ3v) is 3.82. The average molecular weight is 338 g/mol. The number of benzene rings is 1. The number of nitrogens with one attached hydrogen (secondary N) is 1. The van der Waals surface area contributed by atoms with Crippen LogP contribution in [0, 0.1) is 5.92 Å². The van der Waals surface area contributed by atoms with Crippen LogP contribution in [0.3, 0.4) is 0 Å². The van der Waals surface area contributed by atoms with E-state index in [4.69, 9.17) is 14.6 Å². The number of methoxy groups -OCH3 is 2. The number of hydrogen-bond acceptors (Lipinski definition) is 4. The van der Waals surface area contributed by atoms with Gasteiger partial charge >= 0.3 is 12.0 Å². The molecule has 0 saturated carbocycles. The Morgan fingerprint density at radius 3 is 2.25 bits per heavy atom. The van der Waals surface area contributed by atoms with E-state index >= 15 is 0 Å². The second-order valence-electron chi connectivity index (χ2n) is 5.79. The fourth-order valence-corrected chi connectivity index (χ4v) is 2.37. The standard InChI is InChI=1S/C17H26N2O5/c1-11(16(20)21)10-19(3)17(22)18-12(2)15(24-5)13-6-8-14(23-4)9-7-13/h6-9,11-12,15H,10H2,1-5H3,(H,18,22)(H,20,21). The average Bonchev–Trinajstić information content (AvgIpc) is 2.55. The van der Waals surface area contributed by atoms with Gasteiger partial charge in [-0.2, -0.15) is 0 Å². The Morgan fingerprint density at radius 1 is 1.21 bits per heavy atom. The van der Waals surface area contributed by atoms with Gasteiger partial charge in [0.05, 0.1) is 19.1 Å². The van der Waals surface area contributed by atoms with E-state index in [1.165, 1.54) is 4.90 Å². The summed E-state index contributed by atoms with van der Waals surface area (Å²) >= 11 is 0. The summed E-state index contributed by atoms with van der Waals surface area (Å²) in [7, 11) is 4.74. The zero-order valence-corrected chi connectivity index (χ0v) is 14.8. The van der Waals surface area contributed by atoms with Gasteiger partial charge in [-0.05, 0) is 24.6 Å². The van der Waals surface area contributed by atoms with Gasteiger partial charge in [-0.15, -0.1) is 0 Å². The normalized spacial score (nSPS) is 14.4. The molecule has 0 radical (unpaired) electrons. The quantitative estimate of drug-likeness (QED) is 0.758. The van der Waals surface area contributed by atoms with Crippen molar-refractivity contribution in [2.24, 2.45) is 5.92 Å². The van der Waals surface area contributed by atoms with Gasteiger partial charge in [0.2, 0.25) is 0 Å². The van der Waals surface area contributed by atoms with Crippen LogP contribution in [0.25, 0.3) is 0 Å². The first-order valence-corrected chi connectivity index (χ1v) is 7.71. The maximum atomic E-state index is 12.2. The molecule has 24 heavy (non-hydrogen) atoms. The Labute approximate surface area is 142 Å². The molecule has 0 aliphatic rings. The van der Waals surface area contributed by atoms with Gasteiger partial charge in [0.25, 0.3) is 0 Å². The van der Waals surface area contributed by atoms with Crippen molar-refractivity contribution < 1.29 is 24.2 Å². The molecule has 0 aliphatic heterocycles. The Balaban J connectivity index is 2.70. The van der Waals surface area contributed by atoms with E-state index in [2.05, 4.69) is 5.32 Å². The summed E-state index contributed by atoms with van der Waals surface area (Å²) < 4.78 is 10.6. The molecule has 1 aromatic carbocycles. The first-order valence-electron chi connectivity index (χ1n) is 7.71. The molecule has 0 saturated heterocycles. The van der Waals surface area contributed by atoms with Crippen LogP contribution >= 0.6 is 0 Å². The van der Waals surface area contributed by atoms with Crippen LogP contribution in [0.15, 0.2) is 24.3 Å². The van der Waals surface area contributed by atoms with Gasteiger partial charge in [-0.1, -0.05) is 19.1 Å². The van der Waals surface area contributed by atoms with E-state index < -0.39 is 11.9 Å². The third kappa shape index (κ3) is 5.42. The number of carboxylic acids is 1. The highest BCUT2D eigenvalue weighted by atomic mass is 16.5. The summed E-state index contributed by atoms with van der Waals surface area (Å²) in [4.78, 5) is 24.4. The second kappa shape index (κ2) is 9.12. The number of nitrogens with zero attached hydrogens (tertiary/aromatic N) is 1. The Morgan fingerprint density at radius 2 is 1.79 bits per heavy atom. The zero-order chi connectivity index (χ0) is 18.3. The van der Waals surface area contributed by atoms with Crippen molar-refractivity contribution in [1.29, 1.82) is 0 Å². The Hall–Kier alpha value is -2.28. The molecule has 7 nitrogen and oxygen atoms in total. The lowest BCUT2D eigenvalue weighted by Crippen LogP contribution is -2.46. The molecular formula is C17H26N2O5. The van der Waals surface area contributed by atoms with Crippen LogP contribution in [0.2, 0.25) is 0 Å². The summed E-state index contributed by atoms with van der Waals surface area (Å²) in [5, 5.41) is 11.8. The molecule has 7 heteroatoms. The van der Waals surface area contributed by atoms with E-state index in [1.807, 2.05) is 31.2 Å². The Bertz CT molecular complexity index is 546. The van der Waals surface area contributed by atoms with Crippen molar-refractivity contribution in [3.63, 3.8) is 0 Å². The first kappa shape index (κ1) is 19.8. The first-order chi connectivity index (χ1) is 11.3. The van der Waals surface area contributed by atoms with Crippen LogP contribution in [-0.4, -0.2) is 55.9 Å². The number of ether oxygens (including phenoxy) is 2. The minimum absolute atomic E-state index is 0.133. The number of carboxylic acid groups (broad SMARTS) is 1. The molecule has 0 aliphatic carbocycles. The van der Waals surface area contributed by atoms with Crippen LogP contribution in [0.5, 0.6) is 5.75 Å². The fraction of sp³-hybridized carbons (Fsp3) is 0.529. The highest BCUT2D eigenvalue weighted by Crippen LogP contribution is 2.23. The predicted octanol–water partition coefficient (Wildman–Crippen LogP) is 2.13. The summed E-state index contributed by atoms with van der Waals surface area (Å²) in [6.45, 7) is 3.53. The topological polar surface area (TPSA) is 88.1 Å². The molecule has 3 atom stereocenters. The van der Waals surface area contributed by atoms with Crippen molar-refractivity contribution >= 4 is 12.0 Å². The SMILES string of the molecule is COc1ccc(C(OC)C(C)NC(=O)N(C)CC(C)C(=O)O)cc1. The molecule has 0 bridgehead atoms. The monoisotopic (exact) mass is 338 g/mol. The molecule has 0 spiro atoms. The molecule has 134 valence electrons. The van der Waals surface area contributed by atoms with Crippen LogP contribution in [0.4, 0.5) is 4.79 Å². The largest absolute Gasteiger partial charge is 0.497 e. The van der Waals surface area contributed by atoms with Gasteiger partial charge in [0.1, 0.15) is 11.9 Å². The lowest BCUT2D eigenvalue weighted by molar-refractivity contribution is -0.141. The van der Waals surface area contributed by atoms with Crippen LogP contribution in [0.1, 0.15) is 25.5 Å². The van der Waals surface area contributed by atoms with E-state index in [1.54, 1.807) is 28.2 Å². The summed E-state index contributed by atoms with van der Waals surface area (Å²) in [5.74, 6) is -0.820. The summed E-state index contributed by atoms with van der Waals surface area (Å²) in [5.41, 5.74) is 0.910. The van der Waals surface area contributed by atoms with Crippen molar-refractivity contribution in [1.82, 2.24) is 10.2 Å². The number of rotatable bonds is 8. The smallest absolute Gasteiger partial charge is 0.317 e. The van der Waals surface area contributed by atoms with Gasteiger partial charge < -0.3 is 24.8 Å². The minimum atomic E-state index is -0.935.